The van der Waals surface area contributed by atoms with E-state index in [4.69, 9.17) is 0 Å². The van der Waals surface area contributed by atoms with Gasteiger partial charge in [0, 0.05) is 9.11 Å². The molecule has 18 heavy (non-hydrogen) atoms. The maximum Gasteiger partial charge on any atom is 0.0130 e. The van der Waals surface area contributed by atoms with Crippen LogP contribution in [0.5, 0.6) is 0 Å². The van der Waals surface area contributed by atoms with Crippen LogP contribution < -0.4 is 5.32 Å². The van der Waals surface area contributed by atoms with Crippen molar-refractivity contribution in [2.45, 2.75) is 52.5 Å². The summed E-state index contributed by atoms with van der Waals surface area (Å²) in [7, 11) is 0. The summed E-state index contributed by atoms with van der Waals surface area (Å²) in [6.45, 7) is 10.1. The first-order valence-electron chi connectivity index (χ1n) is 6.90. The normalized spacial score (nSPS) is 13.6. The maximum absolute atomic E-state index is 3.64. The van der Waals surface area contributed by atoms with Crippen LogP contribution in [0.4, 0.5) is 0 Å². The molecule has 0 bridgehead atoms. The Morgan fingerprint density at radius 1 is 1.17 bits per heavy atom. The van der Waals surface area contributed by atoms with Crippen molar-refractivity contribution >= 4 is 22.6 Å². The van der Waals surface area contributed by atoms with Crippen molar-refractivity contribution in [2.75, 3.05) is 6.54 Å². The minimum atomic E-state index is 0.220. The van der Waals surface area contributed by atoms with Crippen molar-refractivity contribution in [2.24, 2.45) is 5.92 Å². The molecular formula is C16H26IN. The van der Waals surface area contributed by atoms with Gasteiger partial charge in [0.25, 0.3) is 0 Å². The Morgan fingerprint density at radius 2 is 1.78 bits per heavy atom. The summed E-state index contributed by atoms with van der Waals surface area (Å²) >= 11 is 2.36. The number of hydrogen-bond acceptors (Lipinski definition) is 1. The van der Waals surface area contributed by atoms with Gasteiger partial charge in [-0.1, -0.05) is 25.5 Å². The van der Waals surface area contributed by atoms with E-state index in [0.29, 0.717) is 0 Å². The molecule has 0 spiro atoms. The molecule has 1 aromatic rings. The van der Waals surface area contributed by atoms with Crippen LogP contribution in [-0.2, 0) is 6.42 Å². The summed E-state index contributed by atoms with van der Waals surface area (Å²) in [5, 5.41) is 3.64. The fourth-order valence-corrected chi connectivity index (χ4v) is 2.45. The predicted octanol–water partition coefficient (Wildman–Crippen LogP) is 4.64. The molecule has 1 N–H and O–H groups in total. The molecule has 0 aliphatic rings. The average molecular weight is 359 g/mol. The van der Waals surface area contributed by atoms with Gasteiger partial charge in [0.2, 0.25) is 0 Å². The highest BCUT2D eigenvalue weighted by Gasteiger charge is 2.14. The molecule has 0 heterocycles. The van der Waals surface area contributed by atoms with E-state index in [-0.39, 0.29) is 5.54 Å². The lowest BCUT2D eigenvalue weighted by atomic mass is 9.94. The van der Waals surface area contributed by atoms with Crippen LogP contribution in [0.1, 0.15) is 46.1 Å². The Hall–Kier alpha value is -0.0900. The van der Waals surface area contributed by atoms with Crippen LogP contribution in [0.25, 0.3) is 0 Å². The van der Waals surface area contributed by atoms with Gasteiger partial charge >= 0.3 is 0 Å². The molecule has 0 amide bonds. The van der Waals surface area contributed by atoms with Crippen LogP contribution >= 0.6 is 22.6 Å². The van der Waals surface area contributed by atoms with Gasteiger partial charge in [-0.2, -0.15) is 0 Å². The second kappa shape index (κ2) is 7.49. The Kier molecular flexibility index (Phi) is 6.64. The molecular weight excluding hydrogens is 333 g/mol. The summed E-state index contributed by atoms with van der Waals surface area (Å²) in [4.78, 5) is 0. The lowest BCUT2D eigenvalue weighted by Crippen LogP contribution is -2.39. The lowest BCUT2D eigenvalue weighted by molar-refractivity contribution is 0.355. The predicted molar refractivity (Wildman–Crippen MR) is 89.0 cm³/mol. The molecule has 0 saturated heterocycles. The van der Waals surface area contributed by atoms with E-state index in [1.165, 1.54) is 28.4 Å². The zero-order chi connectivity index (χ0) is 13.6. The fourth-order valence-electron chi connectivity index (χ4n) is 2.09. The van der Waals surface area contributed by atoms with Crippen molar-refractivity contribution < 1.29 is 0 Å². The summed E-state index contributed by atoms with van der Waals surface area (Å²) in [6.07, 6.45) is 3.75. The van der Waals surface area contributed by atoms with Crippen molar-refractivity contribution in [1.29, 1.82) is 0 Å². The van der Waals surface area contributed by atoms with Crippen LogP contribution in [0, 0.1) is 9.49 Å². The summed E-state index contributed by atoms with van der Waals surface area (Å²) in [6, 6.07) is 8.94. The average Bonchev–Trinajstić information content (AvgIpc) is 2.28. The van der Waals surface area contributed by atoms with Crippen LogP contribution in [0.2, 0.25) is 0 Å². The van der Waals surface area contributed by atoms with E-state index < -0.39 is 0 Å². The van der Waals surface area contributed by atoms with E-state index in [0.717, 1.165) is 12.5 Å². The Balaban J connectivity index is 2.54. The van der Waals surface area contributed by atoms with Crippen LogP contribution in [0.3, 0.4) is 0 Å². The smallest absolute Gasteiger partial charge is 0.0130 e. The molecule has 2 heteroatoms. The Bertz CT molecular complexity index is 337. The molecule has 0 aromatic heterocycles. The molecule has 1 unspecified atom stereocenters. The molecule has 0 fully saturated rings. The van der Waals surface area contributed by atoms with E-state index >= 15 is 0 Å². The van der Waals surface area contributed by atoms with E-state index in [9.17, 15) is 0 Å². The first-order valence-corrected chi connectivity index (χ1v) is 7.98. The highest BCUT2D eigenvalue weighted by atomic mass is 127. The minimum Gasteiger partial charge on any atom is -0.312 e. The highest BCUT2D eigenvalue weighted by Crippen LogP contribution is 2.16. The molecule has 0 saturated carbocycles. The molecule has 1 nitrogen and oxygen atoms in total. The third-order valence-electron chi connectivity index (χ3n) is 3.06. The van der Waals surface area contributed by atoms with Crippen molar-refractivity contribution in [3.8, 4) is 0 Å². The van der Waals surface area contributed by atoms with Gasteiger partial charge in [-0.05, 0) is 86.4 Å². The van der Waals surface area contributed by atoms with Crippen LogP contribution in [-0.4, -0.2) is 12.1 Å². The largest absolute Gasteiger partial charge is 0.312 e. The second-order valence-electron chi connectivity index (χ2n) is 6.12. The SMILES string of the molecule is CCCC(CNC(C)(C)C)Cc1ccc(I)cc1. The van der Waals surface area contributed by atoms with Gasteiger partial charge in [0.05, 0.1) is 0 Å². The number of rotatable bonds is 6. The summed E-state index contributed by atoms with van der Waals surface area (Å²) in [5.74, 6) is 0.745. The summed E-state index contributed by atoms with van der Waals surface area (Å²) < 4.78 is 1.32. The Morgan fingerprint density at radius 3 is 2.28 bits per heavy atom. The molecule has 0 radical (unpaired) electrons. The molecule has 1 rings (SSSR count). The Labute approximate surface area is 126 Å². The zero-order valence-corrected chi connectivity index (χ0v) is 14.3. The van der Waals surface area contributed by atoms with Gasteiger partial charge in [0.1, 0.15) is 0 Å². The van der Waals surface area contributed by atoms with Crippen molar-refractivity contribution in [1.82, 2.24) is 5.32 Å². The van der Waals surface area contributed by atoms with E-state index in [1.807, 2.05) is 0 Å². The van der Waals surface area contributed by atoms with E-state index in [2.05, 4.69) is 79.9 Å². The quantitative estimate of drug-likeness (QED) is 0.730. The molecule has 1 aromatic carbocycles. The van der Waals surface area contributed by atoms with Crippen LogP contribution in [0.15, 0.2) is 24.3 Å². The van der Waals surface area contributed by atoms with Crippen molar-refractivity contribution in [3.05, 3.63) is 33.4 Å². The molecule has 102 valence electrons. The minimum absolute atomic E-state index is 0.220. The third kappa shape index (κ3) is 6.74. The topological polar surface area (TPSA) is 12.0 Å². The summed E-state index contributed by atoms with van der Waals surface area (Å²) in [5.41, 5.74) is 1.68. The number of hydrogen-bond donors (Lipinski definition) is 1. The zero-order valence-electron chi connectivity index (χ0n) is 12.1. The van der Waals surface area contributed by atoms with Gasteiger partial charge in [-0.25, -0.2) is 0 Å². The first-order chi connectivity index (χ1) is 8.40. The third-order valence-corrected chi connectivity index (χ3v) is 3.77. The van der Waals surface area contributed by atoms with Crippen molar-refractivity contribution in [3.63, 3.8) is 0 Å². The number of halogens is 1. The van der Waals surface area contributed by atoms with Gasteiger partial charge in [-0.3, -0.25) is 0 Å². The lowest BCUT2D eigenvalue weighted by Gasteiger charge is -2.25. The molecule has 0 aliphatic carbocycles. The molecule has 1 atom stereocenters. The van der Waals surface area contributed by atoms with Gasteiger partial charge < -0.3 is 5.32 Å². The first kappa shape index (κ1) is 16.0. The number of benzene rings is 1. The van der Waals surface area contributed by atoms with E-state index in [1.54, 1.807) is 0 Å². The van der Waals surface area contributed by atoms with Gasteiger partial charge in [0.15, 0.2) is 0 Å². The number of nitrogens with one attached hydrogen (secondary N) is 1. The second-order valence-corrected chi connectivity index (χ2v) is 7.36. The maximum atomic E-state index is 3.64. The molecule has 0 aliphatic heterocycles. The standard InChI is InChI=1S/C16H26IN/c1-5-6-14(12-18-16(2,3)4)11-13-7-9-15(17)10-8-13/h7-10,14,18H,5-6,11-12H2,1-4H3. The highest BCUT2D eigenvalue weighted by molar-refractivity contribution is 14.1. The van der Waals surface area contributed by atoms with Gasteiger partial charge in [-0.15, -0.1) is 0 Å². The monoisotopic (exact) mass is 359 g/mol. The fraction of sp³-hybridized carbons (Fsp3) is 0.625.